The molecule has 0 aromatic carbocycles. The van der Waals surface area contributed by atoms with Crippen LogP contribution in [0.25, 0.3) is 0 Å². The molecule has 0 saturated heterocycles. The van der Waals surface area contributed by atoms with Crippen LogP contribution >= 0.6 is 11.3 Å². The van der Waals surface area contributed by atoms with Gasteiger partial charge in [-0.2, -0.15) is 0 Å². The van der Waals surface area contributed by atoms with Gasteiger partial charge in [-0.15, -0.1) is 11.3 Å². The summed E-state index contributed by atoms with van der Waals surface area (Å²) >= 11 is 1.63. The highest BCUT2D eigenvalue weighted by Crippen LogP contribution is 2.26. The van der Waals surface area contributed by atoms with Crippen molar-refractivity contribution in [3.63, 3.8) is 0 Å². The van der Waals surface area contributed by atoms with Gasteiger partial charge in [0.25, 0.3) is 5.91 Å². The van der Waals surface area contributed by atoms with Crippen molar-refractivity contribution in [2.24, 2.45) is 11.3 Å². The molecule has 1 amide bonds. The molecule has 1 aromatic rings. The van der Waals surface area contributed by atoms with E-state index >= 15 is 0 Å². The van der Waals surface area contributed by atoms with Crippen molar-refractivity contribution in [2.45, 2.75) is 47.6 Å². The number of nitrogens with one attached hydrogen (secondary N) is 1. The predicted octanol–water partition coefficient (Wildman–Crippen LogP) is 3.14. The van der Waals surface area contributed by atoms with E-state index in [-0.39, 0.29) is 17.2 Å². The number of aryl methyl sites for hydroxylation is 2. The standard InChI is InChI=1S/C15H25NO2S/c1-9(2)13(17)15(5,6)8-16-14(18)12-7-10(3)19-11(12)4/h7,9,13,17H,8H2,1-6H3,(H,16,18). The van der Waals surface area contributed by atoms with Gasteiger partial charge in [0, 0.05) is 21.7 Å². The molecule has 0 spiro atoms. The minimum atomic E-state index is -0.432. The molecule has 1 unspecified atom stereocenters. The van der Waals surface area contributed by atoms with Gasteiger partial charge in [0.15, 0.2) is 0 Å². The maximum absolute atomic E-state index is 12.1. The lowest BCUT2D eigenvalue weighted by atomic mass is 9.80. The normalized spacial score (nSPS) is 13.7. The van der Waals surface area contributed by atoms with E-state index in [0.29, 0.717) is 6.54 Å². The molecule has 4 heteroatoms. The van der Waals surface area contributed by atoms with Crippen molar-refractivity contribution in [1.82, 2.24) is 5.32 Å². The highest BCUT2D eigenvalue weighted by atomic mass is 32.1. The summed E-state index contributed by atoms with van der Waals surface area (Å²) in [6, 6.07) is 1.92. The van der Waals surface area contributed by atoms with Crippen LogP contribution in [-0.4, -0.2) is 23.7 Å². The van der Waals surface area contributed by atoms with E-state index in [0.717, 1.165) is 15.3 Å². The first-order valence-corrected chi connectivity index (χ1v) is 7.50. The quantitative estimate of drug-likeness (QED) is 0.872. The lowest BCUT2D eigenvalue weighted by Crippen LogP contribution is -2.43. The van der Waals surface area contributed by atoms with Crippen LogP contribution in [0.3, 0.4) is 0 Å². The number of thiophene rings is 1. The van der Waals surface area contributed by atoms with Crippen LogP contribution in [0.4, 0.5) is 0 Å². The van der Waals surface area contributed by atoms with Crippen molar-refractivity contribution >= 4 is 17.2 Å². The van der Waals surface area contributed by atoms with Gasteiger partial charge < -0.3 is 10.4 Å². The fourth-order valence-electron chi connectivity index (χ4n) is 2.27. The summed E-state index contributed by atoms with van der Waals surface area (Å²) in [7, 11) is 0. The Morgan fingerprint density at radius 2 is 2.00 bits per heavy atom. The van der Waals surface area contributed by atoms with E-state index in [1.165, 1.54) is 0 Å². The van der Waals surface area contributed by atoms with Crippen LogP contribution in [0, 0.1) is 25.2 Å². The molecule has 0 aliphatic rings. The molecule has 1 heterocycles. The maximum atomic E-state index is 12.1. The first-order valence-electron chi connectivity index (χ1n) is 6.68. The molecule has 0 radical (unpaired) electrons. The summed E-state index contributed by atoms with van der Waals surface area (Å²) in [6.07, 6.45) is -0.432. The summed E-state index contributed by atoms with van der Waals surface area (Å²) < 4.78 is 0. The Balaban J connectivity index is 2.67. The predicted molar refractivity (Wildman–Crippen MR) is 80.8 cm³/mol. The zero-order chi connectivity index (χ0) is 14.8. The molecule has 3 nitrogen and oxygen atoms in total. The van der Waals surface area contributed by atoms with Crippen molar-refractivity contribution in [2.75, 3.05) is 6.54 Å². The number of aliphatic hydroxyl groups is 1. The van der Waals surface area contributed by atoms with Gasteiger partial charge in [0.1, 0.15) is 0 Å². The summed E-state index contributed by atoms with van der Waals surface area (Å²) in [6.45, 7) is 12.4. The summed E-state index contributed by atoms with van der Waals surface area (Å²) in [4.78, 5) is 14.3. The third kappa shape index (κ3) is 4.05. The van der Waals surface area contributed by atoms with Crippen molar-refractivity contribution in [1.29, 1.82) is 0 Å². The Kier molecular flexibility index (Phi) is 5.16. The molecule has 0 aliphatic heterocycles. The molecular formula is C15H25NO2S. The van der Waals surface area contributed by atoms with E-state index in [1.54, 1.807) is 11.3 Å². The fourth-order valence-corrected chi connectivity index (χ4v) is 3.19. The van der Waals surface area contributed by atoms with Crippen LogP contribution in [0.2, 0.25) is 0 Å². The van der Waals surface area contributed by atoms with Crippen molar-refractivity contribution in [3.05, 3.63) is 21.4 Å². The highest BCUT2D eigenvalue weighted by molar-refractivity contribution is 7.12. The number of rotatable bonds is 5. The second kappa shape index (κ2) is 6.06. The van der Waals surface area contributed by atoms with Crippen LogP contribution in [0.1, 0.15) is 47.8 Å². The Morgan fingerprint density at radius 3 is 2.42 bits per heavy atom. The monoisotopic (exact) mass is 283 g/mol. The molecule has 0 fully saturated rings. The number of amides is 1. The van der Waals surface area contributed by atoms with E-state index in [2.05, 4.69) is 5.32 Å². The van der Waals surface area contributed by atoms with Gasteiger partial charge in [-0.05, 0) is 25.8 Å². The summed E-state index contributed by atoms with van der Waals surface area (Å²) in [5.41, 5.74) is 0.417. The number of aliphatic hydroxyl groups excluding tert-OH is 1. The number of carbonyl (C=O) groups is 1. The molecule has 0 saturated carbocycles. The zero-order valence-electron chi connectivity index (χ0n) is 12.7. The molecule has 1 aromatic heterocycles. The molecule has 2 N–H and O–H groups in total. The van der Waals surface area contributed by atoms with Crippen LogP contribution in [-0.2, 0) is 0 Å². The molecule has 108 valence electrons. The first kappa shape index (κ1) is 16.2. The Labute approximate surface area is 120 Å². The smallest absolute Gasteiger partial charge is 0.252 e. The third-order valence-electron chi connectivity index (χ3n) is 3.42. The molecule has 1 atom stereocenters. The van der Waals surface area contributed by atoms with Crippen LogP contribution in [0.15, 0.2) is 6.07 Å². The first-order chi connectivity index (χ1) is 8.65. The fraction of sp³-hybridized carbons (Fsp3) is 0.667. The molecule has 1 rings (SSSR count). The van der Waals surface area contributed by atoms with Gasteiger partial charge >= 0.3 is 0 Å². The van der Waals surface area contributed by atoms with E-state index in [9.17, 15) is 9.90 Å². The maximum Gasteiger partial charge on any atom is 0.252 e. The van der Waals surface area contributed by atoms with Gasteiger partial charge in [-0.25, -0.2) is 0 Å². The molecular weight excluding hydrogens is 258 g/mol. The van der Waals surface area contributed by atoms with E-state index in [4.69, 9.17) is 0 Å². The SMILES string of the molecule is Cc1cc(C(=O)NCC(C)(C)C(O)C(C)C)c(C)s1. The second-order valence-corrected chi connectivity index (χ2v) is 7.65. The minimum absolute atomic E-state index is 0.0501. The van der Waals surface area contributed by atoms with Crippen molar-refractivity contribution < 1.29 is 9.90 Å². The average molecular weight is 283 g/mol. The molecule has 19 heavy (non-hydrogen) atoms. The minimum Gasteiger partial charge on any atom is -0.392 e. The summed E-state index contributed by atoms with van der Waals surface area (Å²) in [5.74, 6) is 0.128. The number of hydrogen-bond acceptors (Lipinski definition) is 3. The Bertz CT molecular complexity index is 449. The van der Waals surface area contributed by atoms with Crippen LogP contribution in [0.5, 0.6) is 0 Å². The van der Waals surface area contributed by atoms with E-state index in [1.807, 2.05) is 47.6 Å². The lowest BCUT2D eigenvalue weighted by molar-refractivity contribution is 0.0138. The Morgan fingerprint density at radius 1 is 1.42 bits per heavy atom. The number of carbonyl (C=O) groups excluding carboxylic acids is 1. The average Bonchev–Trinajstić information content (AvgIpc) is 2.64. The van der Waals surface area contributed by atoms with Gasteiger partial charge in [0.05, 0.1) is 11.7 Å². The van der Waals surface area contributed by atoms with Gasteiger partial charge in [-0.1, -0.05) is 27.7 Å². The second-order valence-electron chi connectivity index (χ2n) is 6.19. The number of hydrogen-bond donors (Lipinski definition) is 2. The topological polar surface area (TPSA) is 49.3 Å². The molecule has 0 aliphatic carbocycles. The van der Waals surface area contributed by atoms with Crippen LogP contribution < -0.4 is 5.32 Å². The largest absolute Gasteiger partial charge is 0.392 e. The molecule has 0 bridgehead atoms. The van der Waals surface area contributed by atoms with Gasteiger partial charge in [0.2, 0.25) is 0 Å². The summed E-state index contributed by atoms with van der Waals surface area (Å²) in [5, 5.41) is 13.1. The third-order valence-corrected chi connectivity index (χ3v) is 4.39. The van der Waals surface area contributed by atoms with Gasteiger partial charge in [-0.3, -0.25) is 4.79 Å². The van der Waals surface area contributed by atoms with E-state index < -0.39 is 6.10 Å². The Hall–Kier alpha value is -0.870. The lowest BCUT2D eigenvalue weighted by Gasteiger charge is -2.33. The van der Waals surface area contributed by atoms with Crippen molar-refractivity contribution in [3.8, 4) is 0 Å². The zero-order valence-corrected chi connectivity index (χ0v) is 13.5. The highest BCUT2D eigenvalue weighted by Gasteiger charge is 2.30.